The highest BCUT2D eigenvalue weighted by Gasteiger charge is 2.66. The number of hydrogen-bond donors (Lipinski definition) is 0. The van der Waals surface area contributed by atoms with Gasteiger partial charge in [0.05, 0.1) is 6.10 Å². The second kappa shape index (κ2) is 16.8. The summed E-state index contributed by atoms with van der Waals surface area (Å²) in [5, 5.41) is 7.77. The van der Waals surface area contributed by atoms with Crippen LogP contribution in [0, 0.1) is 46.3 Å². The number of hydrogen-bond acceptors (Lipinski definition) is 3. The molecule has 316 valence electrons. The van der Waals surface area contributed by atoms with Gasteiger partial charge in [0.1, 0.15) is 5.78 Å². The minimum Gasteiger partial charge on any atom is -0.404 e. The second-order valence-electron chi connectivity index (χ2n) is 19.7. The molecule has 4 aliphatic carbocycles. The van der Waals surface area contributed by atoms with E-state index in [0.717, 1.165) is 25.7 Å². The summed E-state index contributed by atoms with van der Waals surface area (Å²) >= 11 is 0. The molecule has 0 radical (unpaired) electrons. The molecule has 0 N–H and O–H groups in total. The highest BCUT2D eigenvalue weighted by atomic mass is 28.4. The summed E-state index contributed by atoms with van der Waals surface area (Å²) < 4.78 is 16.2. The molecule has 62 heavy (non-hydrogen) atoms. The lowest BCUT2D eigenvalue weighted by molar-refractivity contribution is -0.183. The van der Waals surface area contributed by atoms with Crippen LogP contribution in [0.4, 0.5) is 0 Å². The third kappa shape index (κ3) is 6.69. The first-order chi connectivity index (χ1) is 30.3. The molecule has 0 heterocycles. The fourth-order valence-electron chi connectivity index (χ4n) is 14.1. The molecular weight excluding hydrogens is 789 g/mol. The molecule has 3 nitrogen and oxygen atoms in total. The van der Waals surface area contributed by atoms with E-state index in [1.54, 1.807) is 0 Å². The van der Waals surface area contributed by atoms with Crippen LogP contribution in [0.25, 0.3) is 0 Å². The molecule has 0 saturated heterocycles. The van der Waals surface area contributed by atoms with Crippen molar-refractivity contribution in [2.24, 2.45) is 46.3 Å². The average molecular weight is 851 g/mol. The minimum atomic E-state index is -2.99. The summed E-state index contributed by atoms with van der Waals surface area (Å²) in [5.41, 5.74) is -0.0656. The zero-order valence-corrected chi connectivity index (χ0v) is 38.7. The van der Waals surface area contributed by atoms with Crippen molar-refractivity contribution >= 4 is 53.5 Å². The molecule has 4 aliphatic rings. The van der Waals surface area contributed by atoms with E-state index in [1.807, 2.05) is 0 Å². The fourth-order valence-corrected chi connectivity index (χ4v) is 22.3. The number of carbonyl (C=O) groups excluding carboxylic acids is 1. The van der Waals surface area contributed by atoms with Gasteiger partial charge in [0.15, 0.2) is 0 Å². The van der Waals surface area contributed by atoms with Crippen LogP contribution in [0.5, 0.6) is 0 Å². The number of benzene rings is 6. The minimum absolute atomic E-state index is 0.0330. The maximum absolute atomic E-state index is 13.7. The topological polar surface area (TPSA) is 35.5 Å². The predicted octanol–water partition coefficient (Wildman–Crippen LogP) is 8.81. The van der Waals surface area contributed by atoms with Gasteiger partial charge in [-0.05, 0) is 104 Å². The molecule has 6 aromatic carbocycles. The maximum atomic E-state index is 13.7. The van der Waals surface area contributed by atoms with Gasteiger partial charge in [-0.2, -0.15) is 0 Å². The SMILES string of the molecule is C[C@@H]1C[C@H]2CC(=O)C[C@H](C)[C@]2(CO[Si](c2ccccc2)(c2ccccc2)c2ccccc2)[C@H]2CC[C@]3(C)[C@@H](O[Si](c4ccccc4)(c4ccccc4)c4ccccc4)CC[C@H]3[C@H]12. The molecule has 0 aliphatic heterocycles. The molecule has 10 rings (SSSR count). The van der Waals surface area contributed by atoms with Crippen LogP contribution in [0.2, 0.25) is 0 Å². The van der Waals surface area contributed by atoms with Crippen molar-refractivity contribution in [2.75, 3.05) is 6.61 Å². The Morgan fingerprint density at radius 1 is 0.532 bits per heavy atom. The van der Waals surface area contributed by atoms with E-state index in [-0.39, 0.29) is 22.9 Å². The summed E-state index contributed by atoms with van der Waals surface area (Å²) in [4.78, 5) is 13.7. The molecule has 0 bridgehead atoms. The molecular formula is C57H62O3Si2. The fraction of sp³-hybridized carbons (Fsp3) is 0.351. The molecule has 0 aromatic heterocycles. The van der Waals surface area contributed by atoms with Crippen LogP contribution in [0.1, 0.15) is 65.7 Å². The lowest BCUT2D eigenvalue weighted by Crippen LogP contribution is -2.72. The van der Waals surface area contributed by atoms with E-state index in [0.29, 0.717) is 54.8 Å². The quantitative estimate of drug-likeness (QED) is 0.0967. The standard InChI is InChI=1S/C57H62O3Si2/c1-42-38-44-40-45(58)39-43(2)57(44,41-59-61(46-22-10-4-11-23-46,47-24-12-5-13-25-47)48-26-14-6-15-27-48)53-36-37-56(3)52(55(42)53)34-35-54(56)60-62(49-28-16-7-17-29-49,50-30-18-8-19-31-50)51-32-20-9-21-33-51/h4-33,42-44,52-55H,34-41H2,1-3H3/t42-,43+,44+,52+,53+,54+,55+,56+,57+/m1/s1. The highest BCUT2D eigenvalue weighted by molar-refractivity contribution is 7.07. The Kier molecular flexibility index (Phi) is 11.2. The van der Waals surface area contributed by atoms with Crippen LogP contribution >= 0.6 is 0 Å². The second-order valence-corrected chi connectivity index (χ2v) is 26.4. The smallest absolute Gasteiger partial charge is 0.288 e. The monoisotopic (exact) mass is 850 g/mol. The lowest BCUT2D eigenvalue weighted by atomic mass is 9.41. The Labute approximate surface area is 372 Å². The first-order valence-electron chi connectivity index (χ1n) is 23.5. The number of carbonyl (C=O) groups is 1. The zero-order chi connectivity index (χ0) is 42.4. The van der Waals surface area contributed by atoms with Crippen LogP contribution in [-0.4, -0.2) is 35.1 Å². The van der Waals surface area contributed by atoms with Crippen molar-refractivity contribution in [1.82, 2.24) is 0 Å². The summed E-state index contributed by atoms with van der Waals surface area (Å²) in [5.74, 6) is 3.09. The highest BCUT2D eigenvalue weighted by Crippen LogP contribution is 2.69. The Hall–Kier alpha value is -4.66. The first kappa shape index (κ1) is 41.4. The number of Topliss-reactive ketones (excluding diaryl/α,β-unsaturated/α-hetero) is 1. The van der Waals surface area contributed by atoms with Crippen molar-refractivity contribution in [3.8, 4) is 0 Å². The molecule has 0 spiro atoms. The number of fused-ring (bicyclic) bond motifs is 5. The summed E-state index contributed by atoms with van der Waals surface area (Å²) in [6.07, 6.45) is 7.10. The van der Waals surface area contributed by atoms with Gasteiger partial charge in [-0.1, -0.05) is 203 Å². The molecule has 0 amide bonds. The largest absolute Gasteiger partial charge is 0.404 e. The van der Waals surface area contributed by atoms with Crippen LogP contribution in [0.15, 0.2) is 182 Å². The number of ketones is 1. The maximum Gasteiger partial charge on any atom is 0.288 e. The van der Waals surface area contributed by atoms with E-state index < -0.39 is 16.6 Å². The molecule has 4 saturated carbocycles. The van der Waals surface area contributed by atoms with Crippen LogP contribution in [0.3, 0.4) is 0 Å². The van der Waals surface area contributed by atoms with Crippen LogP contribution < -0.4 is 31.1 Å². The van der Waals surface area contributed by atoms with Gasteiger partial charge in [-0.15, -0.1) is 0 Å². The molecule has 4 fully saturated rings. The Morgan fingerprint density at radius 3 is 1.39 bits per heavy atom. The van der Waals surface area contributed by atoms with Gasteiger partial charge >= 0.3 is 0 Å². The summed E-state index contributed by atoms with van der Waals surface area (Å²) in [7, 11) is -5.90. The Bertz CT molecular complexity index is 2240. The van der Waals surface area contributed by atoms with Crippen molar-refractivity contribution in [2.45, 2.75) is 71.8 Å². The van der Waals surface area contributed by atoms with Crippen molar-refractivity contribution in [1.29, 1.82) is 0 Å². The zero-order valence-electron chi connectivity index (χ0n) is 36.7. The van der Waals surface area contributed by atoms with Gasteiger partial charge in [-0.3, -0.25) is 4.79 Å². The number of rotatable bonds is 11. The summed E-state index contributed by atoms with van der Waals surface area (Å²) in [6.45, 7) is 8.26. The van der Waals surface area contributed by atoms with Gasteiger partial charge in [0, 0.05) is 24.9 Å². The van der Waals surface area contributed by atoms with Crippen molar-refractivity contribution in [3.63, 3.8) is 0 Å². The molecule has 5 heteroatoms. The van der Waals surface area contributed by atoms with Crippen molar-refractivity contribution in [3.05, 3.63) is 182 Å². The first-order valence-corrected chi connectivity index (χ1v) is 27.3. The third-order valence-corrected chi connectivity index (χ3v) is 25.0. The molecule has 0 unspecified atom stereocenters. The van der Waals surface area contributed by atoms with E-state index in [4.69, 9.17) is 8.85 Å². The summed E-state index contributed by atoms with van der Waals surface area (Å²) in [6, 6.07) is 66.7. The average Bonchev–Trinajstić information content (AvgIpc) is 3.65. The van der Waals surface area contributed by atoms with Gasteiger partial charge in [0.25, 0.3) is 16.6 Å². The Balaban J connectivity index is 1.05. The lowest BCUT2D eigenvalue weighted by Gasteiger charge is -2.65. The predicted molar refractivity (Wildman–Crippen MR) is 259 cm³/mol. The normalized spacial score (nSPS) is 29.6. The van der Waals surface area contributed by atoms with E-state index in [2.05, 4.69) is 203 Å². The molecule has 6 aromatic rings. The van der Waals surface area contributed by atoms with Crippen molar-refractivity contribution < 1.29 is 13.6 Å². The van der Waals surface area contributed by atoms with E-state index in [1.165, 1.54) is 37.5 Å². The van der Waals surface area contributed by atoms with E-state index >= 15 is 0 Å². The van der Waals surface area contributed by atoms with Gasteiger partial charge < -0.3 is 8.85 Å². The third-order valence-electron chi connectivity index (χ3n) is 16.9. The van der Waals surface area contributed by atoms with Crippen LogP contribution in [-0.2, 0) is 13.6 Å². The van der Waals surface area contributed by atoms with E-state index in [9.17, 15) is 4.79 Å². The Morgan fingerprint density at radius 2 is 0.952 bits per heavy atom. The van der Waals surface area contributed by atoms with Gasteiger partial charge in [-0.25, -0.2) is 0 Å². The molecule has 9 atom stereocenters. The van der Waals surface area contributed by atoms with Gasteiger partial charge in [0.2, 0.25) is 0 Å².